The van der Waals surface area contributed by atoms with Crippen LogP contribution in [0.2, 0.25) is 0 Å². The number of halogens is 2. The van der Waals surface area contributed by atoms with Crippen molar-refractivity contribution in [1.29, 1.82) is 0 Å². The van der Waals surface area contributed by atoms with E-state index in [9.17, 15) is 9.50 Å². The normalized spacial score (nSPS) is 13.4. The molecule has 2 aromatic rings. The second kappa shape index (κ2) is 7.39. The molecule has 2 atom stereocenters. The maximum absolute atomic E-state index is 13.5. The van der Waals surface area contributed by atoms with Gasteiger partial charge in [-0.05, 0) is 29.7 Å². The third-order valence-corrected chi connectivity index (χ3v) is 3.28. The number of aliphatic hydroxyl groups excluding tert-OH is 1. The summed E-state index contributed by atoms with van der Waals surface area (Å²) in [5.41, 5.74) is 8.20. The Kier molecular flexibility index (Phi) is 6.14. The maximum Gasteiger partial charge on any atom is 0.126 e. The Balaban J connectivity index is 0.00000200. The van der Waals surface area contributed by atoms with E-state index in [1.54, 1.807) is 19.1 Å². The summed E-state index contributed by atoms with van der Waals surface area (Å²) >= 11 is 0. The molecule has 2 aromatic carbocycles. The van der Waals surface area contributed by atoms with Gasteiger partial charge in [0.05, 0.1) is 12.1 Å². The van der Waals surface area contributed by atoms with Gasteiger partial charge in [-0.25, -0.2) is 4.39 Å². The average molecular weight is 296 g/mol. The predicted molar refractivity (Wildman–Crippen MR) is 81.5 cm³/mol. The van der Waals surface area contributed by atoms with Crippen LogP contribution in [-0.4, -0.2) is 11.2 Å². The lowest BCUT2D eigenvalue weighted by atomic mass is 9.96. The Labute approximate surface area is 124 Å². The molecule has 0 saturated heterocycles. The van der Waals surface area contributed by atoms with E-state index in [0.29, 0.717) is 17.5 Å². The van der Waals surface area contributed by atoms with E-state index in [-0.39, 0.29) is 18.2 Å². The second-order valence-corrected chi connectivity index (χ2v) is 4.79. The molecule has 2 rings (SSSR count). The molecule has 108 valence electrons. The first-order valence-corrected chi connectivity index (χ1v) is 6.31. The van der Waals surface area contributed by atoms with Crippen molar-refractivity contribution in [3.63, 3.8) is 0 Å². The number of benzene rings is 2. The van der Waals surface area contributed by atoms with E-state index >= 15 is 0 Å². The summed E-state index contributed by atoms with van der Waals surface area (Å²) in [5, 5.41) is 10.1. The fourth-order valence-electron chi connectivity index (χ4n) is 2.02. The van der Waals surface area contributed by atoms with Gasteiger partial charge >= 0.3 is 0 Å². The van der Waals surface area contributed by atoms with Gasteiger partial charge in [-0.15, -0.1) is 12.4 Å². The minimum absolute atomic E-state index is 0. The van der Waals surface area contributed by atoms with Crippen LogP contribution in [0.1, 0.15) is 22.7 Å². The van der Waals surface area contributed by atoms with Gasteiger partial charge in [-0.1, -0.05) is 42.5 Å². The predicted octanol–water partition coefficient (Wildman–Crippen LogP) is 3.16. The molecule has 20 heavy (non-hydrogen) atoms. The van der Waals surface area contributed by atoms with Crippen molar-refractivity contribution < 1.29 is 9.50 Å². The van der Waals surface area contributed by atoms with E-state index in [1.165, 1.54) is 6.07 Å². The highest BCUT2D eigenvalue weighted by Crippen LogP contribution is 2.20. The molecule has 0 bridgehead atoms. The van der Waals surface area contributed by atoms with Crippen molar-refractivity contribution in [1.82, 2.24) is 0 Å². The Morgan fingerprint density at radius 3 is 2.40 bits per heavy atom. The summed E-state index contributed by atoms with van der Waals surface area (Å²) in [6.45, 7) is 1.70. The molecule has 4 heteroatoms. The minimum atomic E-state index is -0.732. The van der Waals surface area contributed by atoms with Crippen LogP contribution in [0.25, 0.3) is 0 Å². The Hall–Kier alpha value is -1.42. The zero-order chi connectivity index (χ0) is 13.8. The lowest BCUT2D eigenvalue weighted by Gasteiger charge is -2.19. The molecule has 0 radical (unpaired) electrons. The number of hydrogen-bond acceptors (Lipinski definition) is 2. The van der Waals surface area contributed by atoms with E-state index in [4.69, 9.17) is 5.73 Å². The number of aliphatic hydroxyl groups is 1. The Morgan fingerprint density at radius 2 is 1.80 bits per heavy atom. The van der Waals surface area contributed by atoms with Crippen molar-refractivity contribution in [3.05, 3.63) is 71.0 Å². The van der Waals surface area contributed by atoms with E-state index in [1.807, 2.05) is 30.3 Å². The highest BCUT2D eigenvalue weighted by molar-refractivity contribution is 5.85. The molecule has 0 heterocycles. The van der Waals surface area contributed by atoms with E-state index in [2.05, 4.69) is 0 Å². The highest BCUT2D eigenvalue weighted by atomic mass is 35.5. The summed E-state index contributed by atoms with van der Waals surface area (Å²) < 4.78 is 13.5. The fraction of sp³-hybridized carbons (Fsp3) is 0.250. The first-order chi connectivity index (χ1) is 9.08. The molecule has 0 saturated carbocycles. The molecular weight excluding hydrogens is 277 g/mol. The van der Waals surface area contributed by atoms with Crippen LogP contribution in [-0.2, 0) is 6.42 Å². The largest absolute Gasteiger partial charge is 0.391 e. The van der Waals surface area contributed by atoms with Crippen molar-refractivity contribution >= 4 is 12.4 Å². The van der Waals surface area contributed by atoms with Crippen LogP contribution < -0.4 is 5.73 Å². The summed E-state index contributed by atoms with van der Waals surface area (Å²) in [5.74, 6) is -0.292. The number of aryl methyl sites for hydroxylation is 1. The van der Waals surface area contributed by atoms with E-state index in [0.717, 1.165) is 5.56 Å². The Morgan fingerprint density at radius 1 is 1.15 bits per heavy atom. The SMILES string of the molecule is Cc1ccc([C@H](N)[C@H](O)Cc2ccccc2)cc1F.Cl. The zero-order valence-corrected chi connectivity index (χ0v) is 12.1. The van der Waals surface area contributed by atoms with Gasteiger partial charge in [0.25, 0.3) is 0 Å². The standard InChI is InChI=1S/C16H18FNO.ClH/c1-11-7-8-13(10-14(11)17)16(18)15(19)9-12-5-3-2-4-6-12;/h2-8,10,15-16,19H,9,18H2,1H3;1H/t15-,16+;/m1./s1. The molecule has 0 aliphatic carbocycles. The van der Waals surface area contributed by atoms with Gasteiger partial charge in [0.1, 0.15) is 5.82 Å². The van der Waals surface area contributed by atoms with E-state index < -0.39 is 12.1 Å². The third kappa shape index (κ3) is 4.04. The van der Waals surface area contributed by atoms with Gasteiger partial charge in [0.2, 0.25) is 0 Å². The highest BCUT2D eigenvalue weighted by Gasteiger charge is 2.18. The molecule has 0 unspecified atom stereocenters. The topological polar surface area (TPSA) is 46.2 Å². The maximum atomic E-state index is 13.5. The van der Waals surface area contributed by atoms with Crippen molar-refractivity contribution in [2.24, 2.45) is 5.73 Å². The van der Waals surface area contributed by atoms with Gasteiger partial charge in [-0.3, -0.25) is 0 Å². The average Bonchev–Trinajstić information content (AvgIpc) is 2.42. The zero-order valence-electron chi connectivity index (χ0n) is 11.3. The quantitative estimate of drug-likeness (QED) is 0.910. The minimum Gasteiger partial charge on any atom is -0.391 e. The molecule has 3 N–H and O–H groups in total. The van der Waals surface area contributed by atoms with Crippen molar-refractivity contribution in [3.8, 4) is 0 Å². The molecule has 0 aliphatic rings. The molecule has 0 amide bonds. The molecular formula is C16H19ClFNO. The van der Waals surface area contributed by atoms with Gasteiger partial charge < -0.3 is 10.8 Å². The molecule has 0 aromatic heterocycles. The van der Waals surface area contributed by atoms with Crippen LogP contribution >= 0.6 is 12.4 Å². The van der Waals surface area contributed by atoms with Crippen molar-refractivity contribution in [2.75, 3.05) is 0 Å². The van der Waals surface area contributed by atoms with Crippen LogP contribution in [0.15, 0.2) is 48.5 Å². The molecule has 0 aliphatic heterocycles. The summed E-state index contributed by atoms with van der Waals surface area (Å²) in [7, 11) is 0. The van der Waals surface area contributed by atoms with Crippen LogP contribution in [0.3, 0.4) is 0 Å². The fourth-order valence-corrected chi connectivity index (χ4v) is 2.02. The van der Waals surface area contributed by atoms with Crippen LogP contribution in [0.5, 0.6) is 0 Å². The Bertz CT molecular complexity index is 547. The molecule has 0 spiro atoms. The van der Waals surface area contributed by atoms with Gasteiger partial charge in [0.15, 0.2) is 0 Å². The summed E-state index contributed by atoms with van der Waals surface area (Å²) in [4.78, 5) is 0. The monoisotopic (exact) mass is 295 g/mol. The first-order valence-electron chi connectivity index (χ1n) is 6.31. The van der Waals surface area contributed by atoms with Crippen molar-refractivity contribution in [2.45, 2.75) is 25.5 Å². The third-order valence-electron chi connectivity index (χ3n) is 3.28. The summed E-state index contributed by atoms with van der Waals surface area (Å²) in [6, 6.07) is 13.9. The van der Waals surface area contributed by atoms with Gasteiger partial charge in [0, 0.05) is 6.42 Å². The number of hydrogen-bond donors (Lipinski definition) is 2. The summed E-state index contributed by atoms with van der Waals surface area (Å²) in [6.07, 6.45) is -0.276. The molecule has 2 nitrogen and oxygen atoms in total. The lowest BCUT2D eigenvalue weighted by molar-refractivity contribution is 0.145. The number of rotatable bonds is 4. The number of nitrogens with two attached hydrogens (primary N) is 1. The first kappa shape index (κ1) is 16.6. The lowest BCUT2D eigenvalue weighted by Crippen LogP contribution is -2.28. The molecule has 0 fully saturated rings. The second-order valence-electron chi connectivity index (χ2n) is 4.79. The van der Waals surface area contributed by atoms with Gasteiger partial charge in [-0.2, -0.15) is 0 Å². The van der Waals surface area contributed by atoms with Crippen LogP contribution in [0.4, 0.5) is 4.39 Å². The smallest absolute Gasteiger partial charge is 0.126 e. The van der Waals surface area contributed by atoms with Crippen LogP contribution in [0, 0.1) is 12.7 Å².